The normalized spacial score (nSPS) is 11.7. The van der Waals surface area contributed by atoms with Crippen LogP contribution >= 0.6 is 0 Å². The molecule has 0 fully saturated rings. The molecule has 0 bridgehead atoms. The number of allylic oxidation sites excluding steroid dienone is 1. The van der Waals surface area contributed by atoms with Crippen LogP contribution in [-0.4, -0.2) is 32.3 Å². The van der Waals surface area contributed by atoms with E-state index in [-0.39, 0.29) is 22.7 Å². The lowest BCUT2D eigenvalue weighted by Crippen LogP contribution is -2.10. The molecule has 0 aliphatic carbocycles. The minimum atomic E-state index is -0.801. The van der Waals surface area contributed by atoms with Crippen molar-refractivity contribution in [3.8, 4) is 11.8 Å². The van der Waals surface area contributed by atoms with Gasteiger partial charge in [-0.25, -0.2) is 9.78 Å². The minimum absolute atomic E-state index is 0.0102. The number of nitrogens with zero attached hydrogens (tertiary/aromatic N) is 3. The smallest absolute Gasteiger partial charge is 0.342 e. The number of nitriles is 1. The van der Waals surface area contributed by atoms with Gasteiger partial charge in [-0.3, -0.25) is 0 Å². The van der Waals surface area contributed by atoms with Crippen LogP contribution in [0.5, 0.6) is 5.75 Å². The summed E-state index contributed by atoms with van der Waals surface area (Å²) in [5.74, 6) is -1.17. The number of aryl methyl sites for hydroxylation is 2. The highest BCUT2D eigenvalue weighted by Gasteiger charge is 2.19. The van der Waals surface area contributed by atoms with E-state index in [2.05, 4.69) is 4.98 Å². The number of esters is 1. The summed E-state index contributed by atoms with van der Waals surface area (Å²) >= 11 is 0. The van der Waals surface area contributed by atoms with Gasteiger partial charge in [0.2, 0.25) is 0 Å². The first-order valence-corrected chi connectivity index (χ1v) is 8.13. The highest BCUT2D eigenvalue weighted by Crippen LogP contribution is 2.23. The fraction of sp³-hybridized carbons (Fsp3) is 0.150. The molecule has 0 aliphatic heterocycles. The molecule has 27 heavy (non-hydrogen) atoms. The molecule has 7 heteroatoms. The number of imidazole rings is 1. The molecule has 0 amide bonds. The lowest BCUT2D eigenvalue weighted by molar-refractivity contribution is 0.0499. The number of aromatic nitrogens is 2. The van der Waals surface area contributed by atoms with Crippen molar-refractivity contribution in [3.05, 3.63) is 65.2 Å². The van der Waals surface area contributed by atoms with Crippen molar-refractivity contribution in [2.45, 2.75) is 6.92 Å². The fourth-order valence-electron chi connectivity index (χ4n) is 2.71. The van der Waals surface area contributed by atoms with Crippen LogP contribution in [0.4, 0.5) is 0 Å². The number of carbonyl (C=O) groups excluding carboxylic acids is 1. The Morgan fingerprint density at radius 2 is 2.04 bits per heavy atom. The van der Waals surface area contributed by atoms with Gasteiger partial charge in [0.25, 0.3) is 0 Å². The number of fused-ring (bicyclic) bond motifs is 1. The molecular formula is C20H17N3O4. The number of ether oxygens (including phenoxy) is 1. The van der Waals surface area contributed by atoms with Gasteiger partial charge < -0.3 is 19.5 Å². The van der Waals surface area contributed by atoms with Gasteiger partial charge in [0, 0.05) is 7.05 Å². The molecule has 0 saturated heterocycles. The highest BCUT2D eigenvalue weighted by molar-refractivity contribution is 5.93. The highest BCUT2D eigenvalue weighted by atomic mass is 16.5. The summed E-state index contributed by atoms with van der Waals surface area (Å²) < 4.78 is 6.73. The maximum Gasteiger partial charge on any atom is 0.342 e. The molecule has 0 spiro atoms. The van der Waals surface area contributed by atoms with Gasteiger partial charge in [0.15, 0.2) is 11.6 Å². The van der Waals surface area contributed by atoms with E-state index in [4.69, 9.17) is 4.74 Å². The van der Waals surface area contributed by atoms with Gasteiger partial charge in [-0.15, -0.1) is 0 Å². The Labute approximate surface area is 155 Å². The SMILES string of the molecule is Cc1ccc(O)c(C(=O)OC/C(O)=C(\C#N)c2nc3ccccc3n2C)c1. The zero-order chi connectivity index (χ0) is 19.6. The van der Waals surface area contributed by atoms with Crippen LogP contribution in [0.3, 0.4) is 0 Å². The van der Waals surface area contributed by atoms with Crippen molar-refractivity contribution in [2.24, 2.45) is 7.05 Å². The van der Waals surface area contributed by atoms with E-state index in [1.165, 1.54) is 12.1 Å². The van der Waals surface area contributed by atoms with E-state index in [0.29, 0.717) is 5.52 Å². The molecule has 3 aromatic rings. The molecule has 7 nitrogen and oxygen atoms in total. The van der Waals surface area contributed by atoms with E-state index in [1.54, 1.807) is 30.7 Å². The maximum absolute atomic E-state index is 12.2. The van der Waals surface area contributed by atoms with E-state index >= 15 is 0 Å². The molecule has 0 atom stereocenters. The Hall–Kier alpha value is -3.79. The van der Waals surface area contributed by atoms with Crippen molar-refractivity contribution in [1.82, 2.24) is 9.55 Å². The van der Waals surface area contributed by atoms with Gasteiger partial charge >= 0.3 is 5.97 Å². The second kappa shape index (κ2) is 7.22. The van der Waals surface area contributed by atoms with Gasteiger partial charge in [-0.05, 0) is 31.2 Å². The average molecular weight is 363 g/mol. The van der Waals surface area contributed by atoms with Crippen LogP contribution < -0.4 is 0 Å². The van der Waals surface area contributed by atoms with Crippen LogP contribution in [0, 0.1) is 18.3 Å². The molecule has 2 N–H and O–H groups in total. The average Bonchev–Trinajstić information content (AvgIpc) is 2.99. The molecule has 2 aromatic carbocycles. The molecule has 1 heterocycles. The number of aromatic hydroxyl groups is 1. The summed E-state index contributed by atoms with van der Waals surface area (Å²) in [5, 5.41) is 29.5. The molecule has 0 aliphatic rings. The number of aliphatic hydroxyl groups is 1. The predicted octanol–water partition coefficient (Wildman–Crippen LogP) is 3.24. The Morgan fingerprint density at radius 1 is 1.30 bits per heavy atom. The van der Waals surface area contributed by atoms with Crippen molar-refractivity contribution in [1.29, 1.82) is 5.26 Å². The largest absolute Gasteiger partial charge is 0.507 e. The summed E-state index contributed by atoms with van der Waals surface area (Å²) in [6.07, 6.45) is 0. The van der Waals surface area contributed by atoms with Gasteiger partial charge in [-0.1, -0.05) is 23.8 Å². The zero-order valence-corrected chi connectivity index (χ0v) is 14.8. The van der Waals surface area contributed by atoms with E-state index in [9.17, 15) is 20.3 Å². The number of hydrogen-bond acceptors (Lipinski definition) is 6. The lowest BCUT2D eigenvalue weighted by Gasteiger charge is -2.08. The van der Waals surface area contributed by atoms with Crippen molar-refractivity contribution in [3.63, 3.8) is 0 Å². The first-order chi connectivity index (χ1) is 12.9. The molecule has 0 radical (unpaired) electrons. The third kappa shape index (κ3) is 3.46. The second-order valence-corrected chi connectivity index (χ2v) is 6.01. The van der Waals surface area contributed by atoms with Crippen LogP contribution in [-0.2, 0) is 11.8 Å². The Bertz CT molecular complexity index is 1110. The molecule has 1 aromatic heterocycles. The third-order valence-corrected chi connectivity index (χ3v) is 4.12. The number of para-hydroxylation sites is 2. The zero-order valence-electron chi connectivity index (χ0n) is 14.8. The van der Waals surface area contributed by atoms with E-state index in [1.807, 2.05) is 24.3 Å². The number of aliphatic hydroxyl groups excluding tert-OH is 1. The van der Waals surface area contributed by atoms with Crippen LogP contribution in [0.25, 0.3) is 16.6 Å². The topological polar surface area (TPSA) is 108 Å². The van der Waals surface area contributed by atoms with Crippen LogP contribution in [0.1, 0.15) is 21.7 Å². The second-order valence-electron chi connectivity index (χ2n) is 6.01. The van der Waals surface area contributed by atoms with Gasteiger partial charge in [0.05, 0.1) is 11.0 Å². The number of phenols is 1. The Kier molecular flexibility index (Phi) is 4.81. The number of benzene rings is 2. The minimum Gasteiger partial charge on any atom is -0.507 e. The number of phenolic OH excluding ortho intramolecular Hbond substituents is 1. The fourth-order valence-corrected chi connectivity index (χ4v) is 2.71. The quantitative estimate of drug-likeness (QED) is 0.418. The Balaban J connectivity index is 1.87. The molecular weight excluding hydrogens is 346 g/mol. The summed E-state index contributed by atoms with van der Waals surface area (Å²) in [4.78, 5) is 16.5. The number of carbonyl (C=O) groups is 1. The standard InChI is InChI=1S/C20H17N3O4/c1-12-7-8-17(24)13(9-12)20(26)27-11-18(25)14(10-21)19-22-15-5-3-4-6-16(15)23(19)2/h3-9,24-25H,11H2,1-2H3/b18-14-. The lowest BCUT2D eigenvalue weighted by atomic mass is 10.1. The predicted molar refractivity (Wildman–Crippen MR) is 99.0 cm³/mol. The van der Waals surface area contributed by atoms with Crippen LogP contribution in [0.15, 0.2) is 48.2 Å². The first-order valence-electron chi connectivity index (χ1n) is 8.13. The van der Waals surface area contributed by atoms with Crippen molar-refractivity contribution >= 4 is 22.6 Å². The van der Waals surface area contributed by atoms with Crippen molar-refractivity contribution < 1.29 is 19.7 Å². The van der Waals surface area contributed by atoms with Crippen LogP contribution in [0.2, 0.25) is 0 Å². The summed E-state index contributed by atoms with van der Waals surface area (Å²) in [6.45, 7) is 1.26. The number of hydrogen-bond donors (Lipinski definition) is 2. The molecule has 136 valence electrons. The number of rotatable bonds is 4. The van der Waals surface area contributed by atoms with Crippen molar-refractivity contribution in [2.75, 3.05) is 6.61 Å². The monoisotopic (exact) mass is 363 g/mol. The molecule has 3 rings (SSSR count). The molecule has 0 saturated carbocycles. The van der Waals surface area contributed by atoms with E-state index in [0.717, 1.165) is 11.1 Å². The van der Waals surface area contributed by atoms with Gasteiger partial charge in [-0.2, -0.15) is 5.26 Å². The van der Waals surface area contributed by atoms with E-state index < -0.39 is 18.3 Å². The third-order valence-electron chi connectivity index (χ3n) is 4.12. The summed E-state index contributed by atoms with van der Waals surface area (Å²) in [5.41, 5.74) is 2.16. The first kappa shape index (κ1) is 18.0. The summed E-state index contributed by atoms with van der Waals surface area (Å²) in [6, 6.07) is 13.8. The molecule has 0 unspecified atom stereocenters. The Morgan fingerprint density at radius 3 is 2.74 bits per heavy atom. The maximum atomic E-state index is 12.2. The van der Waals surface area contributed by atoms with Gasteiger partial charge in [0.1, 0.15) is 29.6 Å². The summed E-state index contributed by atoms with van der Waals surface area (Å²) in [7, 11) is 1.73.